The van der Waals surface area contributed by atoms with Gasteiger partial charge in [0.05, 0.1) is 4.92 Å². The predicted molar refractivity (Wildman–Crippen MR) is 117 cm³/mol. The summed E-state index contributed by atoms with van der Waals surface area (Å²) < 4.78 is 5.54. The van der Waals surface area contributed by atoms with Crippen LogP contribution < -0.4 is 10.1 Å². The largest absolute Gasteiger partial charge is 0.484 e. The minimum atomic E-state index is -0.604. The van der Waals surface area contributed by atoms with Crippen molar-refractivity contribution >= 4 is 28.9 Å². The van der Waals surface area contributed by atoms with Crippen LogP contribution in [-0.4, -0.2) is 17.4 Å². The Kier molecular flexibility index (Phi) is 6.37. The lowest BCUT2D eigenvalue weighted by atomic mass is 9.78. The average Bonchev–Trinajstić information content (AvgIpc) is 2.74. The fourth-order valence-corrected chi connectivity index (χ4v) is 3.25. The van der Waals surface area contributed by atoms with Gasteiger partial charge in [-0.25, -0.2) is 0 Å². The first-order chi connectivity index (χ1) is 14.3. The second-order valence-corrected chi connectivity index (χ2v) is 7.68. The molecule has 154 valence electrons. The maximum Gasteiger partial charge on any atom is 0.289 e. The number of anilines is 1. The van der Waals surface area contributed by atoms with Crippen LogP contribution in [0.5, 0.6) is 5.75 Å². The van der Waals surface area contributed by atoms with Crippen molar-refractivity contribution in [1.82, 2.24) is 0 Å². The maximum atomic E-state index is 12.1. The van der Waals surface area contributed by atoms with Gasteiger partial charge in [-0.15, -0.1) is 0 Å². The highest BCUT2D eigenvalue weighted by Crippen LogP contribution is 2.32. The molecular formula is C23H21ClN2O4. The summed E-state index contributed by atoms with van der Waals surface area (Å²) in [4.78, 5) is 22.5. The Balaban J connectivity index is 1.61. The van der Waals surface area contributed by atoms with E-state index in [0.29, 0.717) is 5.75 Å². The SMILES string of the molecule is CC(C)(c1ccccc1)c1ccc(OCC(=O)Nc2ccc(Cl)c([N+](=O)[O-])c2)cc1. The Labute approximate surface area is 179 Å². The van der Waals surface area contributed by atoms with E-state index in [0.717, 1.165) is 5.56 Å². The molecule has 3 aromatic carbocycles. The van der Waals surface area contributed by atoms with E-state index in [1.54, 1.807) is 0 Å². The van der Waals surface area contributed by atoms with E-state index in [2.05, 4.69) is 31.3 Å². The van der Waals surface area contributed by atoms with Crippen LogP contribution in [-0.2, 0) is 10.2 Å². The highest BCUT2D eigenvalue weighted by molar-refractivity contribution is 6.32. The predicted octanol–water partition coefficient (Wildman–Crippen LogP) is 5.59. The number of nitro benzene ring substituents is 1. The number of nitro groups is 1. The summed E-state index contributed by atoms with van der Waals surface area (Å²) in [6.07, 6.45) is 0. The molecule has 0 aliphatic carbocycles. The minimum absolute atomic E-state index is 0.00719. The highest BCUT2D eigenvalue weighted by atomic mass is 35.5. The molecule has 30 heavy (non-hydrogen) atoms. The summed E-state index contributed by atoms with van der Waals surface area (Å²) in [7, 11) is 0. The Bertz CT molecular complexity index is 1050. The third kappa shape index (κ3) is 4.96. The second-order valence-electron chi connectivity index (χ2n) is 7.28. The van der Waals surface area contributed by atoms with Crippen molar-refractivity contribution in [2.75, 3.05) is 11.9 Å². The molecule has 3 rings (SSSR count). The highest BCUT2D eigenvalue weighted by Gasteiger charge is 2.22. The molecule has 0 fully saturated rings. The van der Waals surface area contributed by atoms with E-state index in [4.69, 9.17) is 16.3 Å². The van der Waals surface area contributed by atoms with Gasteiger partial charge >= 0.3 is 0 Å². The Morgan fingerprint density at radius 2 is 1.67 bits per heavy atom. The molecule has 3 aromatic rings. The minimum Gasteiger partial charge on any atom is -0.484 e. The molecule has 0 saturated carbocycles. The van der Waals surface area contributed by atoms with Gasteiger partial charge < -0.3 is 10.1 Å². The molecular weight excluding hydrogens is 404 g/mol. The first-order valence-corrected chi connectivity index (χ1v) is 9.68. The number of amides is 1. The van der Waals surface area contributed by atoms with Crippen LogP contribution in [0, 0.1) is 10.1 Å². The van der Waals surface area contributed by atoms with Crippen LogP contribution in [0.1, 0.15) is 25.0 Å². The summed E-state index contributed by atoms with van der Waals surface area (Å²) in [5, 5.41) is 13.5. The van der Waals surface area contributed by atoms with E-state index in [9.17, 15) is 14.9 Å². The van der Waals surface area contributed by atoms with Crippen molar-refractivity contribution in [1.29, 1.82) is 0 Å². The lowest BCUT2D eigenvalue weighted by molar-refractivity contribution is -0.384. The van der Waals surface area contributed by atoms with Gasteiger partial charge in [-0.05, 0) is 35.4 Å². The summed E-state index contributed by atoms with van der Waals surface area (Å²) in [5.74, 6) is 0.125. The molecule has 0 heterocycles. The monoisotopic (exact) mass is 424 g/mol. The van der Waals surface area contributed by atoms with Gasteiger partial charge in [0.15, 0.2) is 6.61 Å². The number of ether oxygens (including phenoxy) is 1. The fraction of sp³-hybridized carbons (Fsp3) is 0.174. The van der Waals surface area contributed by atoms with Gasteiger partial charge in [-0.1, -0.05) is 67.9 Å². The van der Waals surface area contributed by atoms with E-state index >= 15 is 0 Å². The van der Waals surface area contributed by atoms with E-state index in [1.165, 1.54) is 23.8 Å². The zero-order chi connectivity index (χ0) is 21.7. The maximum absolute atomic E-state index is 12.1. The molecule has 0 bridgehead atoms. The average molecular weight is 425 g/mol. The van der Waals surface area contributed by atoms with Gasteiger partial charge in [-0.3, -0.25) is 14.9 Å². The lowest BCUT2D eigenvalue weighted by Gasteiger charge is -2.26. The number of hydrogen-bond donors (Lipinski definition) is 1. The van der Waals surface area contributed by atoms with Crippen LogP contribution >= 0.6 is 11.6 Å². The molecule has 1 amide bonds. The molecule has 0 atom stereocenters. The molecule has 0 saturated heterocycles. The number of carbonyl (C=O) groups is 1. The number of hydrogen-bond acceptors (Lipinski definition) is 4. The number of nitrogens with zero attached hydrogens (tertiary/aromatic N) is 1. The number of benzene rings is 3. The molecule has 0 aliphatic heterocycles. The van der Waals surface area contributed by atoms with Crippen molar-refractivity contribution in [3.8, 4) is 5.75 Å². The molecule has 0 radical (unpaired) electrons. The van der Waals surface area contributed by atoms with Crippen LogP contribution in [0.3, 0.4) is 0 Å². The summed E-state index contributed by atoms with van der Waals surface area (Å²) in [6.45, 7) is 4.08. The van der Waals surface area contributed by atoms with E-state index < -0.39 is 10.8 Å². The van der Waals surface area contributed by atoms with Gasteiger partial charge in [0.25, 0.3) is 11.6 Å². The molecule has 0 unspecified atom stereocenters. The lowest BCUT2D eigenvalue weighted by Crippen LogP contribution is -2.20. The van der Waals surface area contributed by atoms with Gasteiger partial charge in [0, 0.05) is 17.2 Å². The summed E-state index contributed by atoms with van der Waals surface area (Å²) in [6, 6.07) is 21.9. The van der Waals surface area contributed by atoms with E-state index in [1.807, 2.05) is 42.5 Å². The first kappa shape index (κ1) is 21.3. The molecule has 0 aliphatic rings. The first-order valence-electron chi connectivity index (χ1n) is 9.30. The van der Waals surface area contributed by atoms with Crippen LogP contribution in [0.4, 0.5) is 11.4 Å². The van der Waals surface area contributed by atoms with Crippen molar-refractivity contribution in [3.63, 3.8) is 0 Å². The number of carbonyl (C=O) groups excluding carboxylic acids is 1. The Morgan fingerprint density at radius 1 is 1.03 bits per heavy atom. The summed E-state index contributed by atoms with van der Waals surface area (Å²) >= 11 is 5.77. The molecule has 1 N–H and O–H groups in total. The van der Waals surface area contributed by atoms with Crippen LogP contribution in [0.25, 0.3) is 0 Å². The topological polar surface area (TPSA) is 81.5 Å². The standard InChI is InChI=1S/C23H21ClN2O4/c1-23(2,16-6-4-3-5-7-16)17-8-11-19(12-9-17)30-15-22(27)25-18-10-13-20(24)21(14-18)26(28)29/h3-14H,15H2,1-2H3,(H,25,27). The van der Waals surface area contributed by atoms with Crippen molar-refractivity contribution in [2.45, 2.75) is 19.3 Å². The second kappa shape index (κ2) is 8.97. The van der Waals surface area contributed by atoms with Gasteiger partial charge in [-0.2, -0.15) is 0 Å². The van der Waals surface area contributed by atoms with Crippen LogP contribution in [0.2, 0.25) is 5.02 Å². The van der Waals surface area contributed by atoms with Crippen molar-refractivity contribution in [3.05, 3.63) is 99.1 Å². The normalized spacial score (nSPS) is 11.0. The summed E-state index contributed by atoms with van der Waals surface area (Å²) in [5.41, 5.74) is 2.17. The van der Waals surface area contributed by atoms with Crippen LogP contribution in [0.15, 0.2) is 72.8 Å². The molecule has 0 spiro atoms. The van der Waals surface area contributed by atoms with E-state index in [-0.39, 0.29) is 28.4 Å². The molecule has 6 nitrogen and oxygen atoms in total. The molecule has 7 heteroatoms. The zero-order valence-corrected chi connectivity index (χ0v) is 17.3. The Hall–Kier alpha value is -3.38. The number of nitrogens with one attached hydrogen (secondary N) is 1. The third-order valence-electron chi connectivity index (χ3n) is 4.87. The number of rotatable bonds is 7. The van der Waals surface area contributed by atoms with Gasteiger partial charge in [0.1, 0.15) is 10.8 Å². The zero-order valence-electron chi connectivity index (χ0n) is 16.6. The smallest absolute Gasteiger partial charge is 0.289 e. The Morgan fingerprint density at radius 3 is 2.30 bits per heavy atom. The molecule has 0 aromatic heterocycles. The number of halogens is 1. The van der Waals surface area contributed by atoms with Crippen molar-refractivity contribution in [2.24, 2.45) is 0 Å². The third-order valence-corrected chi connectivity index (χ3v) is 5.19. The van der Waals surface area contributed by atoms with Gasteiger partial charge in [0.2, 0.25) is 0 Å². The fourth-order valence-electron chi connectivity index (χ4n) is 3.07. The quantitative estimate of drug-likeness (QED) is 0.396. The van der Waals surface area contributed by atoms with Crippen molar-refractivity contribution < 1.29 is 14.5 Å².